The van der Waals surface area contributed by atoms with Crippen molar-refractivity contribution in [2.45, 2.75) is 56.3 Å². The standard InChI is InChI=1S/C20H26N4O/c25-19(24-13-7-8-16(14-24)18-21-15-22-23-18)20(11-5-2-6-12-20)17-9-3-1-4-10-17/h1,3-4,9-10,15-16H,2,5-8,11-14H2,(H,21,22,23)/t16-/m0/s1. The zero-order valence-corrected chi connectivity index (χ0v) is 14.7. The molecule has 4 rings (SSSR count). The molecule has 5 nitrogen and oxygen atoms in total. The first kappa shape index (κ1) is 16.3. The molecule has 132 valence electrons. The molecule has 2 fully saturated rings. The van der Waals surface area contributed by atoms with Crippen LogP contribution < -0.4 is 0 Å². The third kappa shape index (κ3) is 3.08. The lowest BCUT2D eigenvalue weighted by atomic mass is 9.68. The van der Waals surface area contributed by atoms with E-state index in [9.17, 15) is 4.79 Å². The summed E-state index contributed by atoms with van der Waals surface area (Å²) in [5, 5.41) is 6.97. The van der Waals surface area contributed by atoms with E-state index in [1.54, 1.807) is 6.33 Å². The highest BCUT2D eigenvalue weighted by Crippen LogP contribution is 2.42. The highest BCUT2D eigenvalue weighted by Gasteiger charge is 2.44. The highest BCUT2D eigenvalue weighted by molar-refractivity contribution is 5.88. The molecule has 0 unspecified atom stereocenters. The van der Waals surface area contributed by atoms with Gasteiger partial charge in [0.05, 0.1) is 5.41 Å². The van der Waals surface area contributed by atoms with Gasteiger partial charge in [-0.1, -0.05) is 49.6 Å². The Balaban J connectivity index is 1.60. The fourth-order valence-electron chi connectivity index (χ4n) is 4.64. The smallest absolute Gasteiger partial charge is 0.233 e. The van der Waals surface area contributed by atoms with Crippen molar-refractivity contribution in [3.05, 3.63) is 48.0 Å². The van der Waals surface area contributed by atoms with Gasteiger partial charge in [-0.15, -0.1) is 0 Å². The number of carbonyl (C=O) groups is 1. The van der Waals surface area contributed by atoms with Crippen LogP contribution in [0, 0.1) is 0 Å². The van der Waals surface area contributed by atoms with Gasteiger partial charge in [0, 0.05) is 19.0 Å². The monoisotopic (exact) mass is 338 g/mol. The summed E-state index contributed by atoms with van der Waals surface area (Å²) in [7, 11) is 0. The Morgan fingerprint density at radius 2 is 1.92 bits per heavy atom. The van der Waals surface area contributed by atoms with E-state index < -0.39 is 0 Å². The second-order valence-corrected chi connectivity index (χ2v) is 7.47. The first-order valence-electron chi connectivity index (χ1n) is 9.50. The molecular formula is C20H26N4O. The third-order valence-electron chi connectivity index (χ3n) is 5.97. The molecule has 25 heavy (non-hydrogen) atoms. The highest BCUT2D eigenvalue weighted by atomic mass is 16.2. The SMILES string of the molecule is O=C(N1CCC[C@H](c2ncn[nH]2)C1)C1(c2ccccc2)CCCCC1. The van der Waals surface area contributed by atoms with Gasteiger partial charge in [-0.25, -0.2) is 4.98 Å². The Bertz CT molecular complexity index is 692. The van der Waals surface area contributed by atoms with Crippen molar-refractivity contribution in [1.29, 1.82) is 0 Å². The summed E-state index contributed by atoms with van der Waals surface area (Å²) >= 11 is 0. The summed E-state index contributed by atoms with van der Waals surface area (Å²) in [5.41, 5.74) is 0.865. The van der Waals surface area contributed by atoms with Crippen LogP contribution in [0.3, 0.4) is 0 Å². The predicted molar refractivity (Wildman–Crippen MR) is 96.1 cm³/mol. The molecule has 2 aromatic rings. The van der Waals surface area contributed by atoms with Crippen molar-refractivity contribution in [3.8, 4) is 0 Å². The molecule has 0 radical (unpaired) electrons. The van der Waals surface area contributed by atoms with Gasteiger partial charge < -0.3 is 4.90 Å². The number of hydrogen-bond acceptors (Lipinski definition) is 3. The first-order valence-corrected chi connectivity index (χ1v) is 9.50. The van der Waals surface area contributed by atoms with Crippen molar-refractivity contribution in [2.24, 2.45) is 0 Å². The Labute approximate surface area is 148 Å². The number of likely N-dealkylation sites (tertiary alicyclic amines) is 1. The van der Waals surface area contributed by atoms with E-state index >= 15 is 0 Å². The second-order valence-electron chi connectivity index (χ2n) is 7.47. The number of amides is 1. The largest absolute Gasteiger partial charge is 0.341 e. The van der Waals surface area contributed by atoms with Crippen LogP contribution in [0.1, 0.15) is 62.3 Å². The normalized spacial score (nSPS) is 23.4. The molecule has 1 N–H and O–H groups in total. The van der Waals surface area contributed by atoms with Crippen molar-refractivity contribution in [3.63, 3.8) is 0 Å². The number of H-pyrrole nitrogens is 1. The van der Waals surface area contributed by atoms with Crippen LogP contribution in [0.15, 0.2) is 36.7 Å². The van der Waals surface area contributed by atoms with Gasteiger partial charge in [0.25, 0.3) is 0 Å². The number of nitrogens with one attached hydrogen (secondary N) is 1. The van der Waals surface area contributed by atoms with Gasteiger partial charge in [-0.3, -0.25) is 9.89 Å². The van der Waals surface area contributed by atoms with Crippen LogP contribution in [0.4, 0.5) is 0 Å². The quantitative estimate of drug-likeness (QED) is 0.933. The molecule has 5 heteroatoms. The Kier molecular flexibility index (Phi) is 4.55. The van der Waals surface area contributed by atoms with Crippen LogP contribution in [-0.4, -0.2) is 39.1 Å². The maximum absolute atomic E-state index is 13.7. The number of benzene rings is 1. The topological polar surface area (TPSA) is 61.9 Å². The van der Waals surface area contributed by atoms with E-state index in [0.717, 1.165) is 57.4 Å². The van der Waals surface area contributed by atoms with Crippen molar-refractivity contribution >= 4 is 5.91 Å². The van der Waals surface area contributed by atoms with Gasteiger partial charge in [0.1, 0.15) is 12.2 Å². The van der Waals surface area contributed by atoms with Crippen molar-refractivity contribution < 1.29 is 4.79 Å². The molecule has 1 aromatic heterocycles. The Hall–Kier alpha value is -2.17. The van der Waals surface area contributed by atoms with Crippen molar-refractivity contribution in [1.82, 2.24) is 20.1 Å². The summed E-state index contributed by atoms with van der Waals surface area (Å²) in [4.78, 5) is 20.1. The van der Waals surface area contributed by atoms with E-state index in [1.807, 2.05) is 6.07 Å². The van der Waals surface area contributed by atoms with E-state index in [0.29, 0.717) is 5.91 Å². The molecule has 1 saturated heterocycles. The van der Waals surface area contributed by atoms with E-state index in [1.165, 1.54) is 12.0 Å². The molecule has 1 amide bonds. The van der Waals surface area contributed by atoms with E-state index in [-0.39, 0.29) is 11.3 Å². The average Bonchev–Trinajstić information content (AvgIpc) is 3.24. The second kappa shape index (κ2) is 6.98. The van der Waals surface area contributed by atoms with Crippen LogP contribution in [0.5, 0.6) is 0 Å². The maximum Gasteiger partial charge on any atom is 0.233 e. The zero-order valence-electron chi connectivity index (χ0n) is 14.7. The number of aromatic nitrogens is 3. The minimum Gasteiger partial charge on any atom is -0.341 e. The molecular weight excluding hydrogens is 312 g/mol. The van der Waals surface area contributed by atoms with Gasteiger partial charge in [0.2, 0.25) is 5.91 Å². The van der Waals surface area contributed by atoms with Crippen LogP contribution in [-0.2, 0) is 10.2 Å². The maximum atomic E-state index is 13.7. The molecule has 1 aliphatic carbocycles. The van der Waals surface area contributed by atoms with Crippen molar-refractivity contribution in [2.75, 3.05) is 13.1 Å². The fourth-order valence-corrected chi connectivity index (χ4v) is 4.64. The summed E-state index contributed by atoms with van der Waals surface area (Å²) in [6.07, 6.45) is 9.11. The first-order chi connectivity index (χ1) is 12.3. The van der Waals surface area contributed by atoms with Gasteiger partial charge in [-0.2, -0.15) is 5.10 Å². The summed E-state index contributed by atoms with van der Waals surface area (Å²) in [6.45, 7) is 1.61. The average molecular weight is 338 g/mol. The Morgan fingerprint density at radius 3 is 2.64 bits per heavy atom. The lowest BCUT2D eigenvalue weighted by Gasteiger charge is -2.42. The lowest BCUT2D eigenvalue weighted by molar-refractivity contribution is -0.140. The molecule has 1 aromatic carbocycles. The number of hydrogen-bond donors (Lipinski definition) is 1. The zero-order chi connectivity index (χ0) is 17.1. The molecule has 2 heterocycles. The third-order valence-corrected chi connectivity index (χ3v) is 5.97. The number of carbonyl (C=O) groups excluding carboxylic acids is 1. The van der Waals surface area contributed by atoms with Crippen LogP contribution >= 0.6 is 0 Å². The van der Waals surface area contributed by atoms with Gasteiger partial charge in [-0.05, 0) is 31.2 Å². The van der Waals surface area contributed by atoms with Crippen LogP contribution in [0.2, 0.25) is 0 Å². The number of aromatic amines is 1. The minimum atomic E-state index is -0.331. The van der Waals surface area contributed by atoms with Gasteiger partial charge >= 0.3 is 0 Å². The molecule has 0 spiro atoms. The molecule has 1 aliphatic heterocycles. The minimum absolute atomic E-state index is 0.275. The molecule has 0 bridgehead atoms. The number of rotatable bonds is 3. The van der Waals surface area contributed by atoms with E-state index in [2.05, 4.69) is 44.3 Å². The van der Waals surface area contributed by atoms with Crippen LogP contribution in [0.25, 0.3) is 0 Å². The Morgan fingerprint density at radius 1 is 1.12 bits per heavy atom. The molecule has 2 aliphatic rings. The van der Waals surface area contributed by atoms with Gasteiger partial charge in [0.15, 0.2) is 0 Å². The number of piperidine rings is 1. The van der Waals surface area contributed by atoms with E-state index in [4.69, 9.17) is 0 Å². The summed E-state index contributed by atoms with van der Waals surface area (Å²) in [6, 6.07) is 10.4. The molecule has 1 saturated carbocycles. The number of nitrogens with zero attached hydrogens (tertiary/aromatic N) is 3. The predicted octanol–water partition coefficient (Wildman–Crippen LogP) is 3.41. The molecule has 1 atom stereocenters. The fraction of sp³-hybridized carbons (Fsp3) is 0.550. The summed E-state index contributed by atoms with van der Waals surface area (Å²) in [5.74, 6) is 1.51. The lowest BCUT2D eigenvalue weighted by Crippen LogP contribution is -2.51. The summed E-state index contributed by atoms with van der Waals surface area (Å²) < 4.78 is 0.